The molecule has 35 heavy (non-hydrogen) atoms. The van der Waals surface area contributed by atoms with E-state index in [1.54, 1.807) is 18.2 Å². The van der Waals surface area contributed by atoms with Crippen molar-refractivity contribution >= 4 is 17.5 Å². The zero-order chi connectivity index (χ0) is 25.5. The molecule has 182 valence electrons. The SMILES string of the molecule is Cc1nc2ccccn2c1C(=O)NNC(=O)c1cnn(-c2cccc(C(F)(F)F)c2)c1C(F)(F)F. The lowest BCUT2D eigenvalue weighted by molar-refractivity contribution is -0.143. The molecule has 14 heteroatoms. The summed E-state index contributed by atoms with van der Waals surface area (Å²) < 4.78 is 82.1. The minimum Gasteiger partial charge on any atom is -0.295 e. The summed E-state index contributed by atoms with van der Waals surface area (Å²) in [6, 6.07) is 7.99. The first kappa shape index (κ1) is 23.8. The molecule has 0 atom stereocenters. The van der Waals surface area contributed by atoms with Crippen molar-refractivity contribution in [3.63, 3.8) is 0 Å². The van der Waals surface area contributed by atoms with Gasteiger partial charge in [0.2, 0.25) is 0 Å². The number of hydrogen-bond acceptors (Lipinski definition) is 4. The van der Waals surface area contributed by atoms with Gasteiger partial charge in [-0.25, -0.2) is 9.67 Å². The molecular weight excluding hydrogens is 482 g/mol. The fraction of sp³-hybridized carbons (Fsp3) is 0.143. The van der Waals surface area contributed by atoms with Crippen LogP contribution in [0.25, 0.3) is 11.3 Å². The number of imidazole rings is 1. The molecule has 0 saturated carbocycles. The van der Waals surface area contributed by atoms with Crippen molar-refractivity contribution in [3.8, 4) is 5.69 Å². The van der Waals surface area contributed by atoms with Crippen molar-refractivity contribution in [1.29, 1.82) is 0 Å². The summed E-state index contributed by atoms with van der Waals surface area (Å²) in [7, 11) is 0. The summed E-state index contributed by atoms with van der Waals surface area (Å²) in [5.41, 5.74) is 0.295. The Balaban J connectivity index is 1.63. The number of aryl methyl sites for hydroxylation is 1. The Hall–Kier alpha value is -4.36. The fourth-order valence-electron chi connectivity index (χ4n) is 3.42. The van der Waals surface area contributed by atoms with Gasteiger partial charge in [-0.3, -0.25) is 24.8 Å². The maximum atomic E-state index is 13.8. The van der Waals surface area contributed by atoms with E-state index in [1.165, 1.54) is 17.5 Å². The molecular formula is C21H14F6N6O2. The van der Waals surface area contributed by atoms with E-state index in [1.807, 2.05) is 10.9 Å². The van der Waals surface area contributed by atoms with E-state index in [4.69, 9.17) is 0 Å². The second-order valence-electron chi connectivity index (χ2n) is 7.25. The van der Waals surface area contributed by atoms with Crippen LogP contribution in [-0.2, 0) is 12.4 Å². The van der Waals surface area contributed by atoms with E-state index in [-0.39, 0.29) is 10.4 Å². The summed E-state index contributed by atoms with van der Waals surface area (Å²) in [6.45, 7) is 1.53. The number of alkyl halides is 6. The van der Waals surface area contributed by atoms with Crippen molar-refractivity contribution in [2.75, 3.05) is 0 Å². The molecule has 0 aliphatic carbocycles. The molecule has 0 fully saturated rings. The molecule has 0 radical (unpaired) electrons. The molecule has 3 aromatic heterocycles. The Morgan fingerprint density at radius 1 is 0.914 bits per heavy atom. The van der Waals surface area contributed by atoms with E-state index >= 15 is 0 Å². The lowest BCUT2D eigenvalue weighted by Gasteiger charge is -2.14. The second-order valence-corrected chi connectivity index (χ2v) is 7.25. The van der Waals surface area contributed by atoms with Crippen LogP contribution in [0.1, 0.15) is 37.8 Å². The average molecular weight is 496 g/mol. The van der Waals surface area contributed by atoms with Gasteiger partial charge in [-0.2, -0.15) is 31.4 Å². The van der Waals surface area contributed by atoms with Crippen LogP contribution in [0.4, 0.5) is 26.3 Å². The van der Waals surface area contributed by atoms with Gasteiger partial charge in [-0.05, 0) is 37.3 Å². The Kier molecular flexibility index (Phi) is 5.74. The highest BCUT2D eigenvalue weighted by Gasteiger charge is 2.41. The monoisotopic (exact) mass is 496 g/mol. The first-order valence-corrected chi connectivity index (χ1v) is 9.75. The minimum atomic E-state index is -5.17. The van der Waals surface area contributed by atoms with Gasteiger partial charge in [0.1, 0.15) is 11.3 Å². The van der Waals surface area contributed by atoms with E-state index in [9.17, 15) is 35.9 Å². The van der Waals surface area contributed by atoms with Gasteiger partial charge in [-0.1, -0.05) is 12.1 Å². The summed E-state index contributed by atoms with van der Waals surface area (Å²) >= 11 is 0. The summed E-state index contributed by atoms with van der Waals surface area (Å²) in [5.74, 6) is -2.23. The van der Waals surface area contributed by atoms with E-state index < -0.39 is 46.7 Å². The Morgan fingerprint density at radius 2 is 1.63 bits per heavy atom. The molecule has 2 amide bonds. The highest BCUT2D eigenvalue weighted by molar-refractivity contribution is 5.99. The normalized spacial score (nSPS) is 12.1. The molecule has 1 aromatic carbocycles. The molecule has 2 N–H and O–H groups in total. The maximum Gasteiger partial charge on any atom is 0.434 e. The van der Waals surface area contributed by atoms with Crippen molar-refractivity contribution < 1.29 is 35.9 Å². The number of carbonyl (C=O) groups is 2. The minimum absolute atomic E-state index is 0.0385. The lowest BCUT2D eigenvalue weighted by atomic mass is 10.1. The molecule has 0 bridgehead atoms. The topological polar surface area (TPSA) is 93.3 Å². The van der Waals surface area contributed by atoms with Crippen LogP contribution in [0.5, 0.6) is 0 Å². The molecule has 4 aromatic rings. The molecule has 0 spiro atoms. The van der Waals surface area contributed by atoms with Crippen molar-refractivity contribution in [2.24, 2.45) is 0 Å². The summed E-state index contributed by atoms with van der Waals surface area (Å²) in [6.07, 6.45) is -7.89. The maximum absolute atomic E-state index is 13.8. The van der Waals surface area contributed by atoms with Gasteiger partial charge in [0.05, 0.1) is 28.7 Å². The van der Waals surface area contributed by atoms with Gasteiger partial charge in [0.25, 0.3) is 11.8 Å². The van der Waals surface area contributed by atoms with Gasteiger partial charge in [-0.15, -0.1) is 0 Å². The number of fused-ring (bicyclic) bond motifs is 1. The molecule has 0 saturated heterocycles. The van der Waals surface area contributed by atoms with Crippen LogP contribution >= 0.6 is 0 Å². The zero-order valence-corrected chi connectivity index (χ0v) is 17.6. The Bertz CT molecular complexity index is 1440. The number of hydrazine groups is 1. The van der Waals surface area contributed by atoms with Crippen molar-refractivity contribution in [1.82, 2.24) is 30.0 Å². The first-order chi connectivity index (χ1) is 16.4. The third-order valence-electron chi connectivity index (χ3n) is 4.91. The molecule has 0 unspecified atom stereocenters. The van der Waals surface area contributed by atoms with Crippen LogP contribution in [-0.4, -0.2) is 31.0 Å². The van der Waals surface area contributed by atoms with Gasteiger partial charge >= 0.3 is 12.4 Å². The van der Waals surface area contributed by atoms with Crippen molar-refractivity contribution in [2.45, 2.75) is 19.3 Å². The van der Waals surface area contributed by atoms with Crippen LogP contribution in [0, 0.1) is 6.92 Å². The van der Waals surface area contributed by atoms with Gasteiger partial charge in [0, 0.05) is 6.20 Å². The second kappa shape index (κ2) is 8.45. The van der Waals surface area contributed by atoms with E-state index in [2.05, 4.69) is 10.1 Å². The third-order valence-corrected chi connectivity index (χ3v) is 4.91. The van der Waals surface area contributed by atoms with Crippen LogP contribution in [0.3, 0.4) is 0 Å². The van der Waals surface area contributed by atoms with Crippen LogP contribution in [0.15, 0.2) is 54.9 Å². The third kappa shape index (κ3) is 4.54. The number of halogens is 6. The number of pyridine rings is 1. The predicted molar refractivity (Wildman–Crippen MR) is 108 cm³/mol. The fourth-order valence-corrected chi connectivity index (χ4v) is 3.42. The standard InChI is InChI=1S/C21H14F6N6O2/c1-11-16(32-8-3-2-7-15(32)29-11)19(35)31-30-18(34)14-10-28-33(17(14)21(25,26)27)13-6-4-5-12(9-13)20(22,23)24/h2-10H,1H3,(H,30,34)(H,31,35). The lowest BCUT2D eigenvalue weighted by Crippen LogP contribution is -2.42. The number of rotatable bonds is 3. The van der Waals surface area contributed by atoms with E-state index in [0.29, 0.717) is 29.7 Å². The number of hydrogen-bond donors (Lipinski definition) is 2. The predicted octanol–water partition coefficient (Wildman–Crippen LogP) is 3.94. The molecule has 0 aliphatic rings. The molecule has 0 aliphatic heterocycles. The number of aromatic nitrogens is 4. The summed E-state index contributed by atoms with van der Waals surface area (Å²) in [5, 5.41) is 3.47. The number of carbonyl (C=O) groups excluding carboxylic acids is 2. The number of benzene rings is 1. The highest BCUT2D eigenvalue weighted by Crippen LogP contribution is 2.35. The zero-order valence-electron chi connectivity index (χ0n) is 17.6. The molecule has 3 heterocycles. The van der Waals surface area contributed by atoms with E-state index in [0.717, 1.165) is 12.1 Å². The number of amides is 2. The average Bonchev–Trinajstić information content (AvgIpc) is 3.38. The van der Waals surface area contributed by atoms with Crippen LogP contribution in [0.2, 0.25) is 0 Å². The molecule has 4 rings (SSSR count). The largest absolute Gasteiger partial charge is 0.434 e. The smallest absolute Gasteiger partial charge is 0.295 e. The highest BCUT2D eigenvalue weighted by atomic mass is 19.4. The van der Waals surface area contributed by atoms with Crippen molar-refractivity contribution in [3.05, 3.63) is 83.1 Å². The van der Waals surface area contributed by atoms with Crippen LogP contribution < -0.4 is 10.9 Å². The van der Waals surface area contributed by atoms with Gasteiger partial charge < -0.3 is 0 Å². The first-order valence-electron chi connectivity index (χ1n) is 9.75. The Labute approximate surface area is 192 Å². The van der Waals surface area contributed by atoms with Gasteiger partial charge in [0.15, 0.2) is 5.69 Å². The number of nitrogens with zero attached hydrogens (tertiary/aromatic N) is 4. The number of nitrogens with one attached hydrogen (secondary N) is 2. The molecule has 8 nitrogen and oxygen atoms in total. The Morgan fingerprint density at radius 3 is 2.31 bits per heavy atom. The summed E-state index contributed by atoms with van der Waals surface area (Å²) in [4.78, 5) is 29.3. The quantitative estimate of drug-likeness (QED) is 0.332.